The van der Waals surface area contributed by atoms with Crippen molar-refractivity contribution in [2.75, 3.05) is 7.11 Å². The van der Waals surface area contributed by atoms with Crippen LogP contribution >= 0.6 is 0 Å². The van der Waals surface area contributed by atoms with Gasteiger partial charge >= 0.3 is 5.97 Å². The molecule has 1 atom stereocenters. The number of methoxy groups -OCH3 is 1. The third kappa shape index (κ3) is 3.22. The van der Waals surface area contributed by atoms with Gasteiger partial charge in [0.25, 0.3) is 5.69 Å². The van der Waals surface area contributed by atoms with Crippen LogP contribution in [-0.4, -0.2) is 29.0 Å². The highest BCUT2D eigenvalue weighted by Gasteiger charge is 2.17. The maximum absolute atomic E-state index is 11.1. The topological polar surface area (TPSA) is 108 Å². The summed E-state index contributed by atoms with van der Waals surface area (Å²) in [5.41, 5.74) is 6.32. The molecule has 0 aliphatic carbocycles. The quantitative estimate of drug-likeness (QED) is 0.461. The first-order chi connectivity index (χ1) is 7.95. The average molecular weight is 239 g/mol. The molecule has 0 amide bonds. The van der Waals surface area contributed by atoms with Crippen molar-refractivity contribution < 1.29 is 14.5 Å². The number of rotatable bonds is 4. The molecule has 7 heteroatoms. The molecule has 17 heavy (non-hydrogen) atoms. The minimum Gasteiger partial charge on any atom is -0.468 e. The predicted molar refractivity (Wildman–Crippen MR) is 59.3 cm³/mol. The zero-order chi connectivity index (χ0) is 13.0. The summed E-state index contributed by atoms with van der Waals surface area (Å²) in [4.78, 5) is 25.2. The van der Waals surface area contributed by atoms with Gasteiger partial charge in [0, 0.05) is 18.2 Å². The zero-order valence-electron chi connectivity index (χ0n) is 9.54. The maximum Gasteiger partial charge on any atom is 0.323 e. The van der Waals surface area contributed by atoms with E-state index in [1.54, 1.807) is 0 Å². The molecular formula is C10H13N3O4. The van der Waals surface area contributed by atoms with Crippen LogP contribution in [0.15, 0.2) is 12.1 Å². The fourth-order valence-corrected chi connectivity index (χ4v) is 1.37. The van der Waals surface area contributed by atoms with Crippen molar-refractivity contribution in [1.82, 2.24) is 4.98 Å². The van der Waals surface area contributed by atoms with Gasteiger partial charge in [0.05, 0.1) is 12.0 Å². The van der Waals surface area contributed by atoms with E-state index in [2.05, 4.69) is 9.72 Å². The molecule has 92 valence electrons. The van der Waals surface area contributed by atoms with Crippen molar-refractivity contribution >= 4 is 11.7 Å². The van der Waals surface area contributed by atoms with Gasteiger partial charge < -0.3 is 10.5 Å². The summed E-state index contributed by atoms with van der Waals surface area (Å²) < 4.78 is 4.48. The van der Waals surface area contributed by atoms with Crippen LogP contribution in [0.3, 0.4) is 0 Å². The van der Waals surface area contributed by atoms with Gasteiger partial charge in [-0.1, -0.05) is 0 Å². The van der Waals surface area contributed by atoms with E-state index in [1.165, 1.54) is 26.2 Å². The number of aromatic nitrogens is 1. The SMILES string of the molecule is COC(=O)[C@@H](N)Cc1ccc([N+](=O)[O-])c(C)n1. The molecule has 0 saturated heterocycles. The monoisotopic (exact) mass is 239 g/mol. The molecule has 0 aliphatic heterocycles. The molecule has 1 aromatic heterocycles. The second-order valence-corrected chi connectivity index (χ2v) is 3.50. The Balaban J connectivity index is 2.84. The Morgan fingerprint density at radius 3 is 2.76 bits per heavy atom. The van der Waals surface area contributed by atoms with Crippen molar-refractivity contribution in [3.8, 4) is 0 Å². The molecule has 0 radical (unpaired) electrons. The lowest BCUT2D eigenvalue weighted by molar-refractivity contribution is -0.385. The van der Waals surface area contributed by atoms with Gasteiger partial charge in [-0.15, -0.1) is 0 Å². The lowest BCUT2D eigenvalue weighted by Crippen LogP contribution is -2.33. The molecule has 2 N–H and O–H groups in total. The Hall–Kier alpha value is -2.02. The molecule has 0 unspecified atom stereocenters. The molecule has 0 saturated carbocycles. The van der Waals surface area contributed by atoms with Crippen LogP contribution < -0.4 is 5.73 Å². The Labute approximate surface area is 97.7 Å². The van der Waals surface area contributed by atoms with Crippen LogP contribution in [0.4, 0.5) is 5.69 Å². The summed E-state index contributed by atoms with van der Waals surface area (Å²) >= 11 is 0. The number of esters is 1. The summed E-state index contributed by atoms with van der Waals surface area (Å²) in [6.07, 6.45) is 0.186. The Bertz CT molecular complexity index is 447. The Morgan fingerprint density at radius 1 is 1.65 bits per heavy atom. The molecular weight excluding hydrogens is 226 g/mol. The number of aryl methyl sites for hydroxylation is 1. The number of nitrogens with two attached hydrogens (primary N) is 1. The van der Waals surface area contributed by atoms with Gasteiger partial charge in [-0.25, -0.2) is 0 Å². The van der Waals surface area contributed by atoms with E-state index in [0.29, 0.717) is 11.4 Å². The van der Waals surface area contributed by atoms with E-state index in [9.17, 15) is 14.9 Å². The molecule has 7 nitrogen and oxygen atoms in total. The number of hydrogen-bond donors (Lipinski definition) is 1. The first-order valence-electron chi connectivity index (χ1n) is 4.90. The van der Waals surface area contributed by atoms with Crippen LogP contribution in [0.1, 0.15) is 11.4 Å². The van der Waals surface area contributed by atoms with E-state index < -0.39 is 16.9 Å². The van der Waals surface area contributed by atoms with Gasteiger partial charge in [-0.2, -0.15) is 0 Å². The summed E-state index contributed by atoms with van der Waals surface area (Å²) in [7, 11) is 1.25. The smallest absolute Gasteiger partial charge is 0.323 e. The largest absolute Gasteiger partial charge is 0.468 e. The normalized spacial score (nSPS) is 11.9. The van der Waals surface area contributed by atoms with Crippen molar-refractivity contribution in [3.05, 3.63) is 33.6 Å². The van der Waals surface area contributed by atoms with E-state index in [0.717, 1.165) is 0 Å². The molecule has 0 bridgehead atoms. The number of pyridine rings is 1. The number of ether oxygens (including phenoxy) is 1. The Kier molecular flexibility index (Phi) is 4.11. The average Bonchev–Trinajstić information content (AvgIpc) is 2.27. The van der Waals surface area contributed by atoms with Crippen LogP contribution in [0.25, 0.3) is 0 Å². The van der Waals surface area contributed by atoms with Crippen LogP contribution in [0.2, 0.25) is 0 Å². The van der Waals surface area contributed by atoms with Crippen LogP contribution in [0, 0.1) is 17.0 Å². The lowest BCUT2D eigenvalue weighted by Gasteiger charge is -2.08. The van der Waals surface area contributed by atoms with Gasteiger partial charge in [0.1, 0.15) is 11.7 Å². The number of hydrogen-bond acceptors (Lipinski definition) is 6. The predicted octanol–water partition coefficient (Wildman–Crippen LogP) is 0.341. The van der Waals surface area contributed by atoms with E-state index in [1.807, 2.05) is 0 Å². The summed E-state index contributed by atoms with van der Waals surface area (Å²) in [5, 5.41) is 10.6. The number of nitro groups is 1. The second kappa shape index (κ2) is 5.35. The summed E-state index contributed by atoms with van der Waals surface area (Å²) in [6, 6.07) is 2.02. The molecule has 0 fully saturated rings. The lowest BCUT2D eigenvalue weighted by atomic mass is 10.1. The molecule has 1 aromatic rings. The first kappa shape index (κ1) is 13.0. The van der Waals surface area contributed by atoms with Crippen molar-refractivity contribution in [1.29, 1.82) is 0 Å². The van der Waals surface area contributed by atoms with Crippen molar-refractivity contribution in [2.24, 2.45) is 5.73 Å². The minimum absolute atomic E-state index is 0.0552. The van der Waals surface area contributed by atoms with Crippen molar-refractivity contribution in [3.63, 3.8) is 0 Å². The van der Waals surface area contributed by atoms with Crippen molar-refractivity contribution in [2.45, 2.75) is 19.4 Å². The second-order valence-electron chi connectivity index (χ2n) is 3.50. The van der Waals surface area contributed by atoms with E-state index >= 15 is 0 Å². The van der Waals surface area contributed by atoms with E-state index in [-0.39, 0.29) is 12.1 Å². The third-order valence-corrected chi connectivity index (χ3v) is 2.25. The standard InChI is InChI=1S/C10H13N3O4/c1-6-9(13(15)16)4-3-7(12-6)5-8(11)10(14)17-2/h3-4,8H,5,11H2,1-2H3/t8-/m0/s1. The van der Waals surface area contributed by atoms with Gasteiger partial charge in [-0.3, -0.25) is 19.9 Å². The van der Waals surface area contributed by atoms with E-state index in [4.69, 9.17) is 5.73 Å². The van der Waals surface area contributed by atoms with Crippen LogP contribution in [-0.2, 0) is 16.0 Å². The highest BCUT2D eigenvalue weighted by molar-refractivity contribution is 5.75. The molecule has 0 spiro atoms. The molecule has 0 aromatic carbocycles. The fourth-order valence-electron chi connectivity index (χ4n) is 1.37. The highest BCUT2D eigenvalue weighted by atomic mass is 16.6. The van der Waals surface area contributed by atoms with Gasteiger partial charge in [0.15, 0.2) is 0 Å². The molecule has 0 aliphatic rings. The van der Waals surface area contributed by atoms with Gasteiger partial charge in [-0.05, 0) is 13.0 Å². The highest BCUT2D eigenvalue weighted by Crippen LogP contribution is 2.16. The first-order valence-corrected chi connectivity index (χ1v) is 4.90. The zero-order valence-corrected chi connectivity index (χ0v) is 9.54. The summed E-state index contributed by atoms with van der Waals surface area (Å²) in [6.45, 7) is 1.53. The fraction of sp³-hybridized carbons (Fsp3) is 0.400. The van der Waals surface area contributed by atoms with Crippen LogP contribution in [0.5, 0.6) is 0 Å². The molecule has 1 heterocycles. The number of carbonyl (C=O) groups excluding carboxylic acids is 1. The maximum atomic E-state index is 11.1. The Morgan fingerprint density at radius 2 is 2.29 bits per heavy atom. The number of carbonyl (C=O) groups is 1. The third-order valence-electron chi connectivity index (χ3n) is 2.25. The molecule has 1 rings (SSSR count). The van der Waals surface area contributed by atoms with Gasteiger partial charge in [0.2, 0.25) is 0 Å². The minimum atomic E-state index is -0.812. The summed E-state index contributed by atoms with van der Waals surface area (Å²) in [5.74, 6) is -0.539. The number of nitrogens with zero attached hydrogens (tertiary/aromatic N) is 2.